The fourth-order valence-electron chi connectivity index (χ4n) is 4.35. The van der Waals surface area contributed by atoms with Gasteiger partial charge >= 0.3 is 0 Å². The smallest absolute Gasteiger partial charge is 0.258 e. The summed E-state index contributed by atoms with van der Waals surface area (Å²) in [7, 11) is -3.26. The van der Waals surface area contributed by atoms with Gasteiger partial charge in [0.1, 0.15) is 17.5 Å². The maximum Gasteiger partial charge on any atom is 0.258 e. The molecule has 1 N–H and O–H groups in total. The first kappa shape index (κ1) is 22.7. The maximum atomic E-state index is 12.9. The van der Waals surface area contributed by atoms with Crippen LogP contribution in [0.2, 0.25) is 0 Å². The van der Waals surface area contributed by atoms with Crippen LogP contribution in [-0.2, 0) is 15.3 Å². The first-order valence-electron chi connectivity index (χ1n) is 10.6. The molecule has 0 radical (unpaired) electrons. The predicted octanol–water partition coefficient (Wildman–Crippen LogP) is 3.26. The minimum atomic E-state index is -3.26. The maximum absolute atomic E-state index is 12.9. The minimum absolute atomic E-state index is 0.0572. The van der Waals surface area contributed by atoms with E-state index in [1.165, 1.54) is 18.7 Å². The Morgan fingerprint density at radius 1 is 1.30 bits per heavy atom. The van der Waals surface area contributed by atoms with Crippen LogP contribution in [0.4, 0.5) is 0 Å². The molecule has 2 fully saturated rings. The van der Waals surface area contributed by atoms with E-state index < -0.39 is 15.9 Å². The molecule has 1 aromatic heterocycles. The second kappa shape index (κ2) is 8.29. The Bertz CT molecular complexity index is 936. The van der Waals surface area contributed by atoms with Crippen LogP contribution in [0.5, 0.6) is 5.88 Å². The van der Waals surface area contributed by atoms with Crippen molar-refractivity contribution < 1.29 is 17.9 Å². The highest BCUT2D eigenvalue weighted by Gasteiger charge is 2.46. The number of fused-ring (bicyclic) bond motifs is 1. The zero-order valence-corrected chi connectivity index (χ0v) is 19.5. The van der Waals surface area contributed by atoms with Gasteiger partial charge in [0, 0.05) is 29.3 Å². The summed E-state index contributed by atoms with van der Waals surface area (Å²) in [4.78, 5) is 21.9. The van der Waals surface area contributed by atoms with E-state index in [9.17, 15) is 13.2 Å². The van der Waals surface area contributed by atoms with Crippen molar-refractivity contribution >= 4 is 15.7 Å². The van der Waals surface area contributed by atoms with E-state index >= 15 is 0 Å². The van der Waals surface area contributed by atoms with Gasteiger partial charge in [-0.25, -0.2) is 13.4 Å². The molecule has 8 heteroatoms. The number of amides is 1. The lowest BCUT2D eigenvalue weighted by atomic mass is 9.68. The minimum Gasteiger partial charge on any atom is -0.474 e. The van der Waals surface area contributed by atoms with Crippen LogP contribution in [0.25, 0.3) is 0 Å². The number of nitrogens with one attached hydrogen (secondary N) is 1. The molecule has 2 aliphatic rings. The van der Waals surface area contributed by atoms with Crippen LogP contribution in [0, 0.1) is 17.8 Å². The van der Waals surface area contributed by atoms with Gasteiger partial charge < -0.3 is 10.1 Å². The molecular weight excluding hydrogens is 402 g/mol. The average Bonchev–Trinajstić information content (AvgIpc) is 2.94. The Balaban J connectivity index is 1.80. The van der Waals surface area contributed by atoms with E-state index in [0.717, 1.165) is 30.4 Å². The third-order valence-electron chi connectivity index (χ3n) is 6.03. The summed E-state index contributed by atoms with van der Waals surface area (Å²) >= 11 is 0. The fourth-order valence-corrected chi connectivity index (χ4v) is 4.87. The van der Waals surface area contributed by atoms with Crippen LogP contribution in [-0.4, -0.2) is 42.7 Å². The van der Waals surface area contributed by atoms with Crippen LogP contribution in [0.1, 0.15) is 70.1 Å². The van der Waals surface area contributed by atoms with Crippen molar-refractivity contribution in [2.45, 2.75) is 71.4 Å². The first-order valence-corrected chi connectivity index (χ1v) is 12.5. The molecule has 3 rings (SSSR count). The summed E-state index contributed by atoms with van der Waals surface area (Å²) in [6.45, 7) is 10.0. The number of rotatable bonds is 6. The number of hydrogen-bond acceptors (Lipinski definition) is 6. The number of sulfone groups is 1. The van der Waals surface area contributed by atoms with Crippen molar-refractivity contribution in [1.29, 1.82) is 0 Å². The fraction of sp³-hybridized carbons (Fsp3) is 0.682. The highest BCUT2D eigenvalue weighted by atomic mass is 32.2. The van der Waals surface area contributed by atoms with Gasteiger partial charge in [-0.2, -0.15) is 4.98 Å². The molecule has 5 atom stereocenters. The summed E-state index contributed by atoms with van der Waals surface area (Å²) < 4.78 is 28.9. The van der Waals surface area contributed by atoms with Gasteiger partial charge in [0.25, 0.3) is 5.91 Å². The third kappa shape index (κ3) is 5.39. The molecule has 2 aliphatic carbocycles. The lowest BCUT2D eigenvalue weighted by molar-refractivity contribution is 0.0936. The zero-order chi connectivity index (χ0) is 22.3. The summed E-state index contributed by atoms with van der Waals surface area (Å²) in [5.41, 5.74) is -0.00289. The molecule has 0 bridgehead atoms. The van der Waals surface area contributed by atoms with Gasteiger partial charge in [-0.3, -0.25) is 4.79 Å². The Kier molecular flexibility index (Phi) is 6.28. The van der Waals surface area contributed by atoms with Gasteiger partial charge in [-0.05, 0) is 43.9 Å². The SMILES string of the molecule is CC1CC2C[C@H](Oc3nc(C(C)(C)C)ncc3C(=O)N[C@@H](C)/C=C/S(C)(=O)=O)CC12. The summed E-state index contributed by atoms with van der Waals surface area (Å²) in [6, 6.07) is -0.467. The normalized spacial score (nSPS) is 27.4. The van der Waals surface area contributed by atoms with E-state index in [4.69, 9.17) is 4.74 Å². The van der Waals surface area contributed by atoms with Crippen LogP contribution >= 0.6 is 0 Å². The molecule has 0 spiro atoms. The van der Waals surface area contributed by atoms with E-state index in [-0.39, 0.29) is 23.0 Å². The molecule has 1 amide bonds. The monoisotopic (exact) mass is 435 g/mol. The van der Waals surface area contributed by atoms with Crippen LogP contribution < -0.4 is 10.1 Å². The highest BCUT2D eigenvalue weighted by molar-refractivity contribution is 7.93. The van der Waals surface area contributed by atoms with Crippen molar-refractivity contribution in [2.24, 2.45) is 17.8 Å². The molecule has 7 nitrogen and oxygen atoms in total. The quantitative estimate of drug-likeness (QED) is 0.736. The number of hydrogen-bond donors (Lipinski definition) is 1. The lowest BCUT2D eigenvalue weighted by Gasteiger charge is -2.37. The van der Waals surface area contributed by atoms with Gasteiger partial charge in [-0.1, -0.05) is 33.8 Å². The van der Waals surface area contributed by atoms with Gasteiger partial charge in [0.15, 0.2) is 9.84 Å². The molecule has 0 saturated heterocycles. The summed E-state index contributed by atoms with van der Waals surface area (Å²) in [5.74, 6) is 2.71. The highest BCUT2D eigenvalue weighted by Crippen LogP contribution is 2.51. The standard InChI is InChI=1S/C22H33N3O4S/c1-13-9-15-10-16(11-17(13)15)29-20-18(12-23-21(25-20)22(3,4)5)19(26)24-14(2)7-8-30(6,27)28/h7-8,12-17H,9-11H2,1-6H3,(H,24,26)/b8-7+/t13?,14-,15?,16-,17?/m0/s1. The first-order chi connectivity index (χ1) is 13.8. The molecular formula is C22H33N3O4S. The zero-order valence-electron chi connectivity index (χ0n) is 18.7. The number of carbonyl (C=O) groups is 1. The van der Waals surface area contributed by atoms with Crippen LogP contribution in [0.15, 0.2) is 17.7 Å². The number of carbonyl (C=O) groups excluding carboxylic acids is 1. The topological polar surface area (TPSA) is 98.2 Å². The Morgan fingerprint density at radius 2 is 2.00 bits per heavy atom. The molecule has 0 aromatic carbocycles. The van der Waals surface area contributed by atoms with E-state index in [0.29, 0.717) is 23.5 Å². The van der Waals surface area contributed by atoms with Crippen molar-refractivity contribution in [3.05, 3.63) is 29.1 Å². The van der Waals surface area contributed by atoms with Crippen molar-refractivity contribution in [3.63, 3.8) is 0 Å². The van der Waals surface area contributed by atoms with E-state index in [1.807, 2.05) is 20.8 Å². The van der Waals surface area contributed by atoms with Gasteiger partial charge in [-0.15, -0.1) is 0 Å². The molecule has 0 aliphatic heterocycles. The van der Waals surface area contributed by atoms with Gasteiger partial charge in [0.2, 0.25) is 5.88 Å². The summed E-state index contributed by atoms with van der Waals surface area (Å²) in [5, 5.41) is 3.87. The number of nitrogens with zero attached hydrogens (tertiary/aromatic N) is 2. The molecule has 166 valence electrons. The third-order valence-corrected chi connectivity index (χ3v) is 6.68. The van der Waals surface area contributed by atoms with Crippen molar-refractivity contribution in [2.75, 3.05) is 6.26 Å². The molecule has 30 heavy (non-hydrogen) atoms. The number of ether oxygens (including phenoxy) is 1. The van der Waals surface area contributed by atoms with Crippen molar-refractivity contribution in [1.82, 2.24) is 15.3 Å². The van der Waals surface area contributed by atoms with E-state index in [1.54, 1.807) is 6.92 Å². The second-order valence-electron chi connectivity index (χ2n) is 9.93. The van der Waals surface area contributed by atoms with Crippen molar-refractivity contribution in [3.8, 4) is 5.88 Å². The Hall–Kier alpha value is -1.96. The van der Waals surface area contributed by atoms with Crippen LogP contribution in [0.3, 0.4) is 0 Å². The molecule has 3 unspecified atom stereocenters. The Morgan fingerprint density at radius 3 is 2.57 bits per heavy atom. The lowest BCUT2D eigenvalue weighted by Crippen LogP contribution is -2.32. The largest absolute Gasteiger partial charge is 0.474 e. The summed E-state index contributed by atoms with van der Waals surface area (Å²) in [6.07, 6.45) is 7.36. The molecule has 2 saturated carbocycles. The van der Waals surface area contributed by atoms with E-state index in [2.05, 4.69) is 22.2 Å². The predicted molar refractivity (Wildman–Crippen MR) is 116 cm³/mol. The second-order valence-corrected chi connectivity index (χ2v) is 11.9. The average molecular weight is 436 g/mol. The Labute approximate surface area is 179 Å². The molecule has 1 aromatic rings. The van der Waals surface area contributed by atoms with Gasteiger partial charge in [0.05, 0.1) is 0 Å². The number of aromatic nitrogens is 2. The molecule has 1 heterocycles.